The van der Waals surface area contributed by atoms with Crippen LogP contribution in [-0.4, -0.2) is 43.7 Å². The smallest absolute Gasteiger partial charge is 0.337 e. The van der Waals surface area contributed by atoms with Crippen LogP contribution in [0.25, 0.3) is 5.69 Å². The zero-order valence-corrected chi connectivity index (χ0v) is 20.5. The molecule has 3 aromatic rings. The van der Waals surface area contributed by atoms with E-state index in [4.69, 9.17) is 4.74 Å². The summed E-state index contributed by atoms with van der Waals surface area (Å²) in [4.78, 5) is 25.6. The fraction of sp³-hybridized carbons (Fsp3) is 0.227. The Balaban J connectivity index is 1.80. The number of carbonyl (C=O) groups is 2. The van der Waals surface area contributed by atoms with Gasteiger partial charge in [-0.1, -0.05) is 0 Å². The van der Waals surface area contributed by atoms with E-state index < -0.39 is 16.0 Å². The maximum atomic E-state index is 13.4. The molecule has 1 aliphatic rings. The second-order valence-corrected chi connectivity index (χ2v) is 10.1. The topological polar surface area (TPSA) is 111 Å². The number of anilines is 2. The average Bonchev–Trinajstić information content (AvgIpc) is 3.38. The van der Waals surface area contributed by atoms with Gasteiger partial charge in [0.25, 0.3) is 10.0 Å². The van der Waals surface area contributed by atoms with Crippen molar-refractivity contribution in [1.29, 1.82) is 0 Å². The number of hydrogen-bond donors (Lipinski definition) is 1. The molecule has 11 heteroatoms. The minimum Gasteiger partial charge on any atom is -0.465 e. The molecule has 1 N–H and O–H groups in total. The van der Waals surface area contributed by atoms with E-state index in [1.165, 1.54) is 36.9 Å². The first-order chi connectivity index (χ1) is 15.6. The number of methoxy groups -OCH3 is 1. The van der Waals surface area contributed by atoms with Crippen molar-refractivity contribution in [3.05, 3.63) is 63.9 Å². The highest BCUT2D eigenvalue weighted by Gasteiger charge is 2.28. The molecule has 4 rings (SSSR count). The highest BCUT2D eigenvalue weighted by molar-refractivity contribution is 9.10. The first-order valence-corrected chi connectivity index (χ1v) is 12.3. The van der Waals surface area contributed by atoms with E-state index in [1.54, 1.807) is 29.4 Å². The number of hydrogen-bond acceptors (Lipinski definition) is 6. The lowest BCUT2D eigenvalue weighted by Gasteiger charge is -2.18. The number of aryl methyl sites for hydroxylation is 1. The Hall–Kier alpha value is -3.18. The molecule has 0 radical (unpaired) electrons. The average molecular weight is 533 g/mol. The van der Waals surface area contributed by atoms with Crippen molar-refractivity contribution in [2.45, 2.75) is 25.2 Å². The van der Waals surface area contributed by atoms with Crippen LogP contribution in [0.3, 0.4) is 0 Å². The summed E-state index contributed by atoms with van der Waals surface area (Å²) in [5.74, 6) is -0.760. The van der Waals surface area contributed by atoms with Gasteiger partial charge in [0.2, 0.25) is 5.91 Å². The van der Waals surface area contributed by atoms with Crippen LogP contribution >= 0.6 is 15.9 Å². The van der Waals surface area contributed by atoms with E-state index >= 15 is 0 Å². The lowest BCUT2D eigenvalue weighted by atomic mass is 10.2. The van der Waals surface area contributed by atoms with Crippen LogP contribution in [0, 0.1) is 6.92 Å². The number of ether oxygens (including phenoxy) is 1. The fourth-order valence-electron chi connectivity index (χ4n) is 3.73. The molecule has 0 fully saturated rings. The third-order valence-corrected chi connectivity index (χ3v) is 7.64. The SMILES string of the molecule is COC(=O)c1ccc(-n2cc(C)cn2)c(NS(=O)(=O)c2cc3c(cc2Br)CCN3C(C)=O)c1. The van der Waals surface area contributed by atoms with Gasteiger partial charge in [-0.3, -0.25) is 9.52 Å². The van der Waals surface area contributed by atoms with Crippen LogP contribution in [0.1, 0.15) is 28.4 Å². The molecule has 172 valence electrons. The summed E-state index contributed by atoms with van der Waals surface area (Å²) < 4.78 is 36.1. The minimum absolute atomic E-state index is 0.0273. The highest BCUT2D eigenvalue weighted by atomic mass is 79.9. The van der Waals surface area contributed by atoms with Crippen LogP contribution in [0.2, 0.25) is 0 Å². The number of carbonyl (C=O) groups excluding carboxylic acids is 2. The summed E-state index contributed by atoms with van der Waals surface area (Å²) >= 11 is 3.36. The molecule has 2 heterocycles. The van der Waals surface area contributed by atoms with Crippen molar-refractivity contribution in [2.75, 3.05) is 23.3 Å². The second kappa shape index (κ2) is 8.64. The van der Waals surface area contributed by atoms with Crippen LogP contribution in [0.4, 0.5) is 11.4 Å². The Morgan fingerprint density at radius 2 is 1.94 bits per heavy atom. The Labute approximate surface area is 199 Å². The number of aromatic nitrogens is 2. The molecule has 0 atom stereocenters. The molecule has 2 aromatic carbocycles. The minimum atomic E-state index is -4.12. The number of nitrogens with zero attached hydrogens (tertiary/aromatic N) is 3. The maximum absolute atomic E-state index is 13.4. The van der Waals surface area contributed by atoms with E-state index in [0.717, 1.165) is 11.1 Å². The first-order valence-electron chi connectivity index (χ1n) is 9.98. The first kappa shape index (κ1) is 23.0. The predicted octanol–water partition coefficient (Wildman–Crippen LogP) is 3.44. The van der Waals surface area contributed by atoms with Crippen molar-refractivity contribution in [3.63, 3.8) is 0 Å². The quantitative estimate of drug-likeness (QED) is 0.504. The summed E-state index contributed by atoms with van der Waals surface area (Å²) in [5, 5.41) is 4.25. The van der Waals surface area contributed by atoms with Gasteiger partial charge in [-0.2, -0.15) is 5.10 Å². The molecule has 9 nitrogen and oxygen atoms in total. The van der Waals surface area contributed by atoms with Gasteiger partial charge in [-0.15, -0.1) is 0 Å². The third kappa shape index (κ3) is 4.38. The number of fused-ring (bicyclic) bond motifs is 1. The third-order valence-electron chi connectivity index (χ3n) is 5.32. The second-order valence-electron chi connectivity index (χ2n) is 7.62. The van der Waals surface area contributed by atoms with Gasteiger partial charge in [0.15, 0.2) is 0 Å². The molecular formula is C22H21BrN4O5S. The van der Waals surface area contributed by atoms with E-state index in [9.17, 15) is 18.0 Å². The predicted molar refractivity (Wildman–Crippen MR) is 126 cm³/mol. The summed E-state index contributed by atoms with van der Waals surface area (Å²) in [6.45, 7) is 3.80. The standard InChI is InChI=1S/C22H21BrN4O5S/c1-13-11-24-27(12-13)19-5-4-16(22(29)32-3)9-18(19)25-33(30,31)21-10-20-15(8-17(21)23)6-7-26(20)14(2)28/h4-5,8-12,25H,6-7H2,1-3H3. The molecule has 0 bridgehead atoms. The molecule has 33 heavy (non-hydrogen) atoms. The molecule has 0 spiro atoms. The Morgan fingerprint density at radius 1 is 1.18 bits per heavy atom. The molecule has 1 amide bonds. The largest absolute Gasteiger partial charge is 0.465 e. The van der Waals surface area contributed by atoms with E-state index in [1.807, 2.05) is 6.92 Å². The van der Waals surface area contributed by atoms with Crippen molar-refractivity contribution >= 4 is 49.2 Å². The van der Waals surface area contributed by atoms with Crippen molar-refractivity contribution in [2.24, 2.45) is 0 Å². The van der Waals surface area contributed by atoms with E-state index in [0.29, 0.717) is 28.8 Å². The zero-order valence-electron chi connectivity index (χ0n) is 18.1. The molecular weight excluding hydrogens is 512 g/mol. The number of rotatable bonds is 5. The van der Waals surface area contributed by atoms with Crippen molar-refractivity contribution in [1.82, 2.24) is 9.78 Å². The zero-order chi connectivity index (χ0) is 23.9. The number of sulfonamides is 1. The fourth-order valence-corrected chi connectivity index (χ4v) is 5.90. The van der Waals surface area contributed by atoms with Gasteiger partial charge in [-0.25, -0.2) is 17.9 Å². The van der Waals surface area contributed by atoms with Gasteiger partial charge in [0.05, 0.1) is 30.2 Å². The van der Waals surface area contributed by atoms with Gasteiger partial charge >= 0.3 is 5.97 Å². The highest BCUT2D eigenvalue weighted by Crippen LogP contribution is 2.36. The summed E-state index contributed by atoms with van der Waals surface area (Å²) in [5.41, 5.74) is 3.10. The van der Waals surface area contributed by atoms with Gasteiger partial charge < -0.3 is 9.64 Å². The number of nitrogens with one attached hydrogen (secondary N) is 1. The van der Waals surface area contributed by atoms with Gasteiger partial charge in [0, 0.05) is 29.8 Å². The van der Waals surface area contributed by atoms with Gasteiger partial charge in [-0.05, 0) is 70.7 Å². The molecule has 0 unspecified atom stereocenters. The van der Waals surface area contributed by atoms with E-state index in [2.05, 4.69) is 25.8 Å². The van der Waals surface area contributed by atoms with Crippen LogP contribution in [0.15, 0.2) is 52.1 Å². The summed E-state index contributed by atoms with van der Waals surface area (Å²) in [7, 11) is -2.87. The molecule has 0 saturated heterocycles. The number of halogens is 1. The lowest BCUT2D eigenvalue weighted by molar-refractivity contribution is -0.116. The van der Waals surface area contributed by atoms with E-state index in [-0.39, 0.29) is 22.1 Å². The monoisotopic (exact) mass is 532 g/mol. The maximum Gasteiger partial charge on any atom is 0.337 e. The Morgan fingerprint density at radius 3 is 2.58 bits per heavy atom. The number of benzene rings is 2. The van der Waals surface area contributed by atoms with Crippen LogP contribution < -0.4 is 9.62 Å². The molecule has 1 aromatic heterocycles. The summed E-state index contributed by atoms with van der Waals surface area (Å²) in [6, 6.07) is 7.73. The molecule has 0 aliphatic carbocycles. The normalized spacial score (nSPS) is 13.0. The number of amides is 1. The van der Waals surface area contributed by atoms with Gasteiger partial charge in [0.1, 0.15) is 4.90 Å². The molecule has 1 aliphatic heterocycles. The Bertz CT molecular complexity index is 1380. The van der Waals surface area contributed by atoms with Crippen LogP contribution in [-0.2, 0) is 26.0 Å². The molecule has 0 saturated carbocycles. The van der Waals surface area contributed by atoms with Crippen molar-refractivity contribution < 1.29 is 22.7 Å². The Kier molecular flexibility index (Phi) is 6.02. The lowest BCUT2D eigenvalue weighted by Crippen LogP contribution is -2.26. The summed E-state index contributed by atoms with van der Waals surface area (Å²) in [6.07, 6.45) is 4.02. The van der Waals surface area contributed by atoms with Crippen molar-refractivity contribution in [3.8, 4) is 5.69 Å². The van der Waals surface area contributed by atoms with Crippen LogP contribution in [0.5, 0.6) is 0 Å². The number of esters is 1.